The SMILES string of the molecule is CC(C)C(CN)N1C(=O)C2CCCC2C1=O. The molecule has 0 spiro atoms. The standard InChI is InChI=1S/C12H20N2O2/c1-7(2)10(6-13)14-11(15)8-4-3-5-9(8)12(14)16/h7-10H,3-6,13H2,1-2H3. The maximum absolute atomic E-state index is 12.2. The number of nitrogens with zero attached hydrogens (tertiary/aromatic N) is 1. The molecule has 1 aliphatic carbocycles. The number of hydrogen-bond acceptors (Lipinski definition) is 3. The van der Waals surface area contributed by atoms with Crippen molar-refractivity contribution in [1.82, 2.24) is 4.90 Å². The normalized spacial score (nSPS) is 31.4. The Morgan fingerprint density at radius 1 is 1.25 bits per heavy atom. The van der Waals surface area contributed by atoms with Gasteiger partial charge < -0.3 is 5.73 Å². The first-order valence-corrected chi connectivity index (χ1v) is 6.15. The minimum Gasteiger partial charge on any atom is -0.328 e. The van der Waals surface area contributed by atoms with E-state index in [0.29, 0.717) is 6.54 Å². The van der Waals surface area contributed by atoms with Crippen LogP contribution >= 0.6 is 0 Å². The van der Waals surface area contributed by atoms with Crippen molar-refractivity contribution < 1.29 is 9.59 Å². The van der Waals surface area contributed by atoms with Crippen molar-refractivity contribution in [2.24, 2.45) is 23.5 Å². The van der Waals surface area contributed by atoms with Crippen LogP contribution < -0.4 is 5.73 Å². The van der Waals surface area contributed by atoms with Gasteiger partial charge in [-0.3, -0.25) is 14.5 Å². The number of imide groups is 1. The Balaban J connectivity index is 2.23. The highest BCUT2D eigenvalue weighted by Gasteiger charge is 2.51. The number of carbonyl (C=O) groups excluding carboxylic acids is 2. The molecule has 16 heavy (non-hydrogen) atoms. The average molecular weight is 224 g/mol. The van der Waals surface area contributed by atoms with Crippen molar-refractivity contribution in [1.29, 1.82) is 0 Å². The van der Waals surface area contributed by atoms with Gasteiger partial charge in [0.2, 0.25) is 11.8 Å². The van der Waals surface area contributed by atoms with Gasteiger partial charge in [-0.15, -0.1) is 0 Å². The molecule has 1 heterocycles. The van der Waals surface area contributed by atoms with E-state index in [-0.39, 0.29) is 35.6 Å². The summed E-state index contributed by atoms with van der Waals surface area (Å²) in [6.45, 7) is 4.38. The van der Waals surface area contributed by atoms with Crippen molar-refractivity contribution in [3.05, 3.63) is 0 Å². The van der Waals surface area contributed by atoms with Gasteiger partial charge in [-0.05, 0) is 18.8 Å². The fraction of sp³-hybridized carbons (Fsp3) is 0.833. The van der Waals surface area contributed by atoms with E-state index < -0.39 is 0 Å². The van der Waals surface area contributed by atoms with E-state index in [0.717, 1.165) is 19.3 Å². The lowest BCUT2D eigenvalue weighted by atomic mass is 10.00. The summed E-state index contributed by atoms with van der Waals surface area (Å²) in [5, 5.41) is 0. The van der Waals surface area contributed by atoms with Crippen molar-refractivity contribution in [3.63, 3.8) is 0 Å². The second-order valence-electron chi connectivity index (χ2n) is 5.24. The molecule has 1 saturated carbocycles. The maximum Gasteiger partial charge on any atom is 0.233 e. The monoisotopic (exact) mass is 224 g/mol. The minimum atomic E-state index is -0.120. The Bertz CT molecular complexity index is 292. The molecule has 0 aromatic rings. The quantitative estimate of drug-likeness (QED) is 0.720. The second-order valence-corrected chi connectivity index (χ2v) is 5.24. The third-order valence-electron chi connectivity index (χ3n) is 3.97. The summed E-state index contributed by atoms with van der Waals surface area (Å²) in [7, 11) is 0. The van der Waals surface area contributed by atoms with E-state index in [9.17, 15) is 9.59 Å². The third kappa shape index (κ3) is 1.56. The lowest BCUT2D eigenvalue weighted by molar-refractivity contribution is -0.143. The Morgan fingerprint density at radius 2 is 1.75 bits per heavy atom. The van der Waals surface area contributed by atoms with Crippen molar-refractivity contribution >= 4 is 11.8 Å². The Morgan fingerprint density at radius 3 is 2.12 bits per heavy atom. The largest absolute Gasteiger partial charge is 0.328 e. The molecule has 1 saturated heterocycles. The molecule has 2 aliphatic rings. The van der Waals surface area contributed by atoms with Crippen LogP contribution in [0.25, 0.3) is 0 Å². The first-order chi connectivity index (χ1) is 7.57. The van der Waals surface area contributed by atoms with Crippen LogP contribution in [0.5, 0.6) is 0 Å². The second kappa shape index (κ2) is 4.17. The van der Waals surface area contributed by atoms with Crippen LogP contribution in [0.1, 0.15) is 33.1 Å². The summed E-state index contributed by atoms with van der Waals surface area (Å²) in [6.07, 6.45) is 2.76. The first kappa shape index (κ1) is 11.6. The van der Waals surface area contributed by atoms with E-state index in [1.165, 1.54) is 4.90 Å². The smallest absolute Gasteiger partial charge is 0.233 e. The number of amides is 2. The highest BCUT2D eigenvalue weighted by molar-refractivity contribution is 6.05. The van der Waals surface area contributed by atoms with Gasteiger partial charge in [-0.2, -0.15) is 0 Å². The van der Waals surface area contributed by atoms with Gasteiger partial charge in [0.05, 0.1) is 17.9 Å². The van der Waals surface area contributed by atoms with Crippen molar-refractivity contribution in [2.75, 3.05) is 6.54 Å². The summed E-state index contributed by atoms with van der Waals surface area (Å²) in [4.78, 5) is 25.8. The molecule has 4 heteroatoms. The fourth-order valence-electron chi connectivity index (χ4n) is 3.02. The zero-order valence-corrected chi connectivity index (χ0v) is 9.98. The summed E-state index contributed by atoms with van der Waals surface area (Å²) in [5.41, 5.74) is 5.68. The number of fused-ring (bicyclic) bond motifs is 1. The van der Waals surface area contributed by atoms with Gasteiger partial charge in [0.1, 0.15) is 0 Å². The predicted octanol–water partition coefficient (Wildman–Crippen LogP) is 0.755. The maximum atomic E-state index is 12.2. The molecule has 90 valence electrons. The number of likely N-dealkylation sites (tertiary alicyclic amines) is 1. The molecule has 1 aliphatic heterocycles. The van der Waals surface area contributed by atoms with Crippen LogP contribution in [0.15, 0.2) is 0 Å². The molecule has 3 atom stereocenters. The molecular formula is C12H20N2O2. The number of rotatable bonds is 3. The number of nitrogens with two attached hydrogens (primary N) is 1. The van der Waals surface area contributed by atoms with Crippen molar-refractivity contribution in [2.45, 2.75) is 39.2 Å². The molecule has 2 fully saturated rings. The van der Waals surface area contributed by atoms with Crippen LogP contribution in [0, 0.1) is 17.8 Å². The Labute approximate surface area is 96.2 Å². The molecule has 4 nitrogen and oxygen atoms in total. The Hall–Kier alpha value is -0.900. The fourth-order valence-corrected chi connectivity index (χ4v) is 3.02. The first-order valence-electron chi connectivity index (χ1n) is 6.15. The van der Waals surface area contributed by atoms with Crippen LogP contribution in [0.2, 0.25) is 0 Å². The highest BCUT2D eigenvalue weighted by Crippen LogP contribution is 2.40. The van der Waals surface area contributed by atoms with Crippen LogP contribution in [-0.4, -0.2) is 29.3 Å². The lowest BCUT2D eigenvalue weighted by Gasteiger charge is -2.29. The lowest BCUT2D eigenvalue weighted by Crippen LogP contribution is -2.48. The van der Waals surface area contributed by atoms with E-state index in [1.54, 1.807) is 0 Å². The number of carbonyl (C=O) groups is 2. The predicted molar refractivity (Wildman–Crippen MR) is 60.4 cm³/mol. The van der Waals surface area contributed by atoms with Gasteiger partial charge in [0.25, 0.3) is 0 Å². The molecule has 0 aromatic heterocycles. The molecule has 0 aromatic carbocycles. The van der Waals surface area contributed by atoms with Gasteiger partial charge in [-0.1, -0.05) is 20.3 Å². The molecule has 2 N–H and O–H groups in total. The molecular weight excluding hydrogens is 204 g/mol. The van der Waals surface area contributed by atoms with Gasteiger partial charge in [0.15, 0.2) is 0 Å². The van der Waals surface area contributed by atoms with E-state index in [4.69, 9.17) is 5.73 Å². The number of hydrogen-bond donors (Lipinski definition) is 1. The van der Waals surface area contributed by atoms with Gasteiger partial charge in [0, 0.05) is 6.54 Å². The molecule has 0 radical (unpaired) electrons. The zero-order valence-electron chi connectivity index (χ0n) is 9.98. The average Bonchev–Trinajstić information content (AvgIpc) is 2.78. The molecule has 2 rings (SSSR count). The van der Waals surface area contributed by atoms with E-state index in [2.05, 4.69) is 0 Å². The van der Waals surface area contributed by atoms with Crippen LogP contribution in [0.3, 0.4) is 0 Å². The molecule has 0 bridgehead atoms. The highest BCUT2D eigenvalue weighted by atomic mass is 16.2. The zero-order chi connectivity index (χ0) is 11.9. The van der Waals surface area contributed by atoms with E-state index in [1.807, 2.05) is 13.8 Å². The summed E-state index contributed by atoms with van der Waals surface area (Å²) < 4.78 is 0. The Kier molecular flexibility index (Phi) is 3.02. The van der Waals surface area contributed by atoms with Gasteiger partial charge in [-0.25, -0.2) is 0 Å². The topological polar surface area (TPSA) is 63.4 Å². The summed E-state index contributed by atoms with van der Waals surface area (Å²) in [6, 6.07) is -0.120. The third-order valence-corrected chi connectivity index (χ3v) is 3.97. The minimum absolute atomic E-state index is 0.0247. The van der Waals surface area contributed by atoms with Crippen molar-refractivity contribution in [3.8, 4) is 0 Å². The van der Waals surface area contributed by atoms with E-state index >= 15 is 0 Å². The molecule has 3 unspecified atom stereocenters. The van der Waals surface area contributed by atoms with Gasteiger partial charge >= 0.3 is 0 Å². The summed E-state index contributed by atoms with van der Waals surface area (Å²) in [5.74, 6) is 0.200. The summed E-state index contributed by atoms with van der Waals surface area (Å²) >= 11 is 0. The molecule has 2 amide bonds. The van der Waals surface area contributed by atoms with Crippen LogP contribution in [-0.2, 0) is 9.59 Å². The van der Waals surface area contributed by atoms with Crippen LogP contribution in [0.4, 0.5) is 0 Å².